The molecule has 0 aliphatic rings. The van der Waals surface area contributed by atoms with E-state index in [1.54, 1.807) is 13.8 Å². The van der Waals surface area contributed by atoms with Crippen LogP contribution in [0.3, 0.4) is 0 Å². The second kappa shape index (κ2) is 7.03. The predicted octanol–water partition coefficient (Wildman–Crippen LogP) is 1.23. The normalized spacial score (nSPS) is 12.1. The Morgan fingerprint density at radius 3 is 2.33 bits per heavy atom. The van der Waals surface area contributed by atoms with Gasteiger partial charge in [-0.3, -0.25) is 4.79 Å². The summed E-state index contributed by atoms with van der Waals surface area (Å²) in [6, 6.07) is 0. The zero-order chi connectivity index (χ0) is 11.8. The molecule has 0 radical (unpaired) electrons. The van der Waals surface area contributed by atoms with E-state index in [2.05, 4.69) is 14.8 Å². The number of rotatable bonds is 5. The van der Waals surface area contributed by atoms with Gasteiger partial charge in [0.2, 0.25) is 6.79 Å². The standard InChI is InChI=1S/C9H16FNO4/c1-6(2)8(12)14-5-15-9(13)11-4-7(3)10/h6-7H,4-5H2,1-3H3,(H,11,13)/t7-/m1/s1. The Balaban J connectivity index is 3.51. The van der Waals surface area contributed by atoms with E-state index < -0.39 is 25.0 Å². The van der Waals surface area contributed by atoms with Crippen molar-refractivity contribution in [3.63, 3.8) is 0 Å². The highest BCUT2D eigenvalue weighted by Gasteiger charge is 2.09. The molecule has 0 fully saturated rings. The zero-order valence-electron chi connectivity index (χ0n) is 9.08. The molecule has 0 aromatic rings. The van der Waals surface area contributed by atoms with Gasteiger partial charge < -0.3 is 14.8 Å². The number of nitrogens with one attached hydrogen (secondary N) is 1. The summed E-state index contributed by atoms with van der Waals surface area (Å²) in [6.07, 6.45) is -1.95. The van der Waals surface area contributed by atoms with Crippen molar-refractivity contribution in [1.82, 2.24) is 5.32 Å². The Morgan fingerprint density at radius 1 is 1.27 bits per heavy atom. The monoisotopic (exact) mass is 221 g/mol. The highest BCUT2D eigenvalue weighted by atomic mass is 19.1. The van der Waals surface area contributed by atoms with Crippen molar-refractivity contribution in [2.24, 2.45) is 5.92 Å². The van der Waals surface area contributed by atoms with Crippen LogP contribution in [0.5, 0.6) is 0 Å². The summed E-state index contributed by atoms with van der Waals surface area (Å²) in [7, 11) is 0. The van der Waals surface area contributed by atoms with E-state index in [1.807, 2.05) is 0 Å². The van der Waals surface area contributed by atoms with Crippen molar-refractivity contribution in [3.05, 3.63) is 0 Å². The Morgan fingerprint density at radius 2 is 1.87 bits per heavy atom. The number of hydrogen-bond donors (Lipinski definition) is 1. The highest BCUT2D eigenvalue weighted by molar-refractivity contribution is 5.71. The fourth-order valence-electron chi connectivity index (χ4n) is 0.583. The van der Waals surface area contributed by atoms with Gasteiger partial charge in [-0.05, 0) is 6.92 Å². The number of halogens is 1. The molecule has 0 spiro atoms. The number of esters is 1. The lowest BCUT2D eigenvalue weighted by atomic mass is 10.2. The van der Waals surface area contributed by atoms with E-state index in [9.17, 15) is 14.0 Å². The molecule has 0 rings (SSSR count). The first kappa shape index (κ1) is 13.7. The third-order valence-corrected chi connectivity index (χ3v) is 1.39. The fraction of sp³-hybridized carbons (Fsp3) is 0.778. The van der Waals surface area contributed by atoms with Crippen molar-refractivity contribution in [3.8, 4) is 0 Å². The van der Waals surface area contributed by atoms with Crippen molar-refractivity contribution >= 4 is 12.1 Å². The van der Waals surface area contributed by atoms with Crippen LogP contribution in [-0.2, 0) is 14.3 Å². The Labute approximate surface area is 87.9 Å². The molecule has 0 heterocycles. The molecule has 0 saturated heterocycles. The van der Waals surface area contributed by atoms with Crippen LogP contribution >= 0.6 is 0 Å². The summed E-state index contributed by atoms with van der Waals surface area (Å²) in [4.78, 5) is 21.7. The van der Waals surface area contributed by atoms with Gasteiger partial charge in [0.25, 0.3) is 0 Å². The number of ether oxygens (including phenoxy) is 2. The molecule has 0 aliphatic carbocycles. The fourth-order valence-corrected chi connectivity index (χ4v) is 0.583. The quantitative estimate of drug-likeness (QED) is 0.560. The first-order valence-electron chi connectivity index (χ1n) is 4.64. The van der Waals surface area contributed by atoms with Crippen LogP contribution in [0.1, 0.15) is 20.8 Å². The average molecular weight is 221 g/mol. The topological polar surface area (TPSA) is 64.6 Å². The van der Waals surface area contributed by atoms with Crippen LogP contribution in [0, 0.1) is 5.92 Å². The van der Waals surface area contributed by atoms with Gasteiger partial charge in [-0.15, -0.1) is 0 Å². The van der Waals surface area contributed by atoms with E-state index in [-0.39, 0.29) is 12.5 Å². The van der Waals surface area contributed by atoms with E-state index in [1.165, 1.54) is 6.92 Å². The molecule has 6 heteroatoms. The van der Waals surface area contributed by atoms with Crippen LogP contribution in [0.15, 0.2) is 0 Å². The van der Waals surface area contributed by atoms with Crippen LogP contribution < -0.4 is 5.32 Å². The lowest BCUT2D eigenvalue weighted by molar-refractivity contribution is -0.155. The average Bonchev–Trinajstić information content (AvgIpc) is 2.14. The summed E-state index contributed by atoms with van der Waals surface area (Å²) in [5, 5.41) is 2.16. The highest BCUT2D eigenvalue weighted by Crippen LogP contribution is 1.95. The number of amides is 1. The number of carbonyl (C=O) groups excluding carboxylic acids is 2. The van der Waals surface area contributed by atoms with Crippen molar-refractivity contribution in [1.29, 1.82) is 0 Å². The zero-order valence-corrected chi connectivity index (χ0v) is 9.08. The largest absolute Gasteiger partial charge is 0.428 e. The van der Waals surface area contributed by atoms with Gasteiger partial charge in [0.1, 0.15) is 6.17 Å². The maximum Gasteiger partial charge on any atom is 0.410 e. The molecule has 88 valence electrons. The molecular weight excluding hydrogens is 205 g/mol. The van der Waals surface area contributed by atoms with Gasteiger partial charge in [0.05, 0.1) is 12.5 Å². The molecule has 0 aliphatic heterocycles. The molecule has 5 nitrogen and oxygen atoms in total. The summed E-state index contributed by atoms with van der Waals surface area (Å²) < 4.78 is 21.3. The molecule has 0 aromatic heterocycles. The van der Waals surface area contributed by atoms with Crippen molar-refractivity contribution in [2.75, 3.05) is 13.3 Å². The lowest BCUT2D eigenvalue weighted by Crippen LogP contribution is -2.30. The molecule has 0 unspecified atom stereocenters. The minimum absolute atomic E-state index is 0.128. The Hall–Kier alpha value is -1.33. The smallest absolute Gasteiger partial charge is 0.410 e. The molecule has 0 saturated carbocycles. The van der Waals surface area contributed by atoms with Crippen LogP contribution in [-0.4, -0.2) is 31.6 Å². The first-order chi connectivity index (χ1) is 6.93. The van der Waals surface area contributed by atoms with Gasteiger partial charge in [-0.2, -0.15) is 0 Å². The number of hydrogen-bond acceptors (Lipinski definition) is 4. The molecule has 1 atom stereocenters. The first-order valence-corrected chi connectivity index (χ1v) is 4.64. The van der Waals surface area contributed by atoms with E-state index in [4.69, 9.17) is 0 Å². The maximum atomic E-state index is 12.3. The van der Waals surface area contributed by atoms with Gasteiger partial charge in [0, 0.05) is 0 Å². The van der Waals surface area contributed by atoms with Gasteiger partial charge in [0.15, 0.2) is 0 Å². The number of carbonyl (C=O) groups is 2. The third kappa shape index (κ3) is 7.72. The van der Waals surface area contributed by atoms with E-state index >= 15 is 0 Å². The van der Waals surface area contributed by atoms with Crippen molar-refractivity contribution in [2.45, 2.75) is 26.9 Å². The predicted molar refractivity (Wildman–Crippen MR) is 50.9 cm³/mol. The summed E-state index contributed by atoms with van der Waals surface area (Å²) in [5.41, 5.74) is 0. The molecule has 0 bridgehead atoms. The SMILES string of the molecule is CC(C)C(=O)OCOC(=O)NC[C@@H](C)F. The third-order valence-electron chi connectivity index (χ3n) is 1.39. The second-order valence-electron chi connectivity index (χ2n) is 3.33. The maximum absolute atomic E-state index is 12.3. The van der Waals surface area contributed by atoms with Crippen molar-refractivity contribution < 1.29 is 23.5 Å². The lowest BCUT2D eigenvalue weighted by Gasteiger charge is -2.09. The Kier molecular flexibility index (Phi) is 6.40. The second-order valence-corrected chi connectivity index (χ2v) is 3.33. The minimum atomic E-state index is -1.14. The van der Waals surface area contributed by atoms with Crippen LogP contribution in [0.4, 0.5) is 9.18 Å². The summed E-state index contributed by atoms with van der Waals surface area (Å²) in [6.45, 7) is 4.04. The van der Waals surface area contributed by atoms with Gasteiger partial charge >= 0.3 is 12.1 Å². The van der Waals surface area contributed by atoms with Crippen LogP contribution in [0.2, 0.25) is 0 Å². The molecule has 0 aromatic carbocycles. The number of alkyl halides is 1. The Bertz CT molecular complexity index is 218. The molecule has 1 amide bonds. The van der Waals surface area contributed by atoms with E-state index in [0.717, 1.165) is 0 Å². The molecule has 1 N–H and O–H groups in total. The molecular formula is C9H16FNO4. The van der Waals surface area contributed by atoms with Gasteiger partial charge in [-0.1, -0.05) is 13.8 Å². The van der Waals surface area contributed by atoms with E-state index in [0.29, 0.717) is 0 Å². The minimum Gasteiger partial charge on any atom is -0.428 e. The summed E-state index contributed by atoms with van der Waals surface area (Å²) in [5.74, 6) is -0.732. The van der Waals surface area contributed by atoms with Crippen LogP contribution in [0.25, 0.3) is 0 Å². The number of alkyl carbamates (subject to hydrolysis) is 1. The summed E-state index contributed by atoms with van der Waals surface area (Å²) >= 11 is 0. The molecule has 15 heavy (non-hydrogen) atoms. The van der Waals surface area contributed by atoms with Gasteiger partial charge in [-0.25, -0.2) is 9.18 Å².